The van der Waals surface area contributed by atoms with Crippen molar-refractivity contribution in [1.29, 1.82) is 0 Å². The van der Waals surface area contributed by atoms with Crippen molar-refractivity contribution < 1.29 is 9.53 Å². The summed E-state index contributed by atoms with van der Waals surface area (Å²) in [6.45, 7) is 1.19. The van der Waals surface area contributed by atoms with E-state index in [9.17, 15) is 4.79 Å². The van der Waals surface area contributed by atoms with Gasteiger partial charge in [-0.25, -0.2) is 0 Å². The van der Waals surface area contributed by atoms with Crippen LogP contribution in [0.15, 0.2) is 24.3 Å². The second-order valence-electron chi connectivity index (χ2n) is 7.50. The standard InChI is InChI=1S/C20H33N3O2/c1-23(2)18(16-8-7-9-17(12-16)25-3)14-22-19(24)13-20(15-21)10-5-4-6-11-20/h7-9,12,18H,4-6,10-11,13-15,21H2,1-3H3,(H,22,24). The van der Waals surface area contributed by atoms with Crippen molar-refractivity contribution >= 4 is 5.91 Å². The van der Waals surface area contributed by atoms with E-state index in [0.717, 1.165) is 24.2 Å². The number of hydrogen-bond donors (Lipinski definition) is 2. The van der Waals surface area contributed by atoms with Crippen LogP contribution in [0.1, 0.15) is 50.1 Å². The van der Waals surface area contributed by atoms with E-state index in [1.807, 2.05) is 32.3 Å². The van der Waals surface area contributed by atoms with Gasteiger partial charge in [0.25, 0.3) is 0 Å². The maximum Gasteiger partial charge on any atom is 0.220 e. The van der Waals surface area contributed by atoms with Gasteiger partial charge >= 0.3 is 0 Å². The number of nitrogens with two attached hydrogens (primary N) is 1. The Bertz CT molecular complexity index is 554. The number of carbonyl (C=O) groups excluding carboxylic acids is 1. The summed E-state index contributed by atoms with van der Waals surface area (Å²) in [4.78, 5) is 14.7. The molecule has 0 aromatic heterocycles. The molecule has 25 heavy (non-hydrogen) atoms. The fourth-order valence-electron chi connectivity index (χ4n) is 3.82. The number of nitrogens with zero attached hydrogens (tertiary/aromatic N) is 1. The molecule has 0 bridgehead atoms. The number of carbonyl (C=O) groups is 1. The fraction of sp³-hybridized carbons (Fsp3) is 0.650. The highest BCUT2D eigenvalue weighted by Gasteiger charge is 2.33. The smallest absolute Gasteiger partial charge is 0.220 e. The van der Waals surface area contributed by atoms with Gasteiger partial charge in [-0.2, -0.15) is 0 Å². The number of amides is 1. The largest absolute Gasteiger partial charge is 0.497 e. The summed E-state index contributed by atoms with van der Waals surface area (Å²) < 4.78 is 5.32. The van der Waals surface area contributed by atoms with Crippen LogP contribution in [0.3, 0.4) is 0 Å². The van der Waals surface area contributed by atoms with E-state index in [2.05, 4.69) is 16.3 Å². The molecule has 5 heteroatoms. The molecule has 5 nitrogen and oxygen atoms in total. The first-order chi connectivity index (χ1) is 12.0. The lowest BCUT2D eigenvalue weighted by Gasteiger charge is -2.36. The first kappa shape index (κ1) is 19.7. The van der Waals surface area contributed by atoms with Crippen molar-refractivity contribution in [1.82, 2.24) is 10.2 Å². The van der Waals surface area contributed by atoms with Crippen molar-refractivity contribution in [3.05, 3.63) is 29.8 Å². The van der Waals surface area contributed by atoms with Crippen molar-refractivity contribution in [2.75, 3.05) is 34.3 Å². The number of nitrogens with one attached hydrogen (secondary N) is 1. The highest BCUT2D eigenvalue weighted by atomic mass is 16.5. The maximum atomic E-state index is 12.5. The molecule has 1 unspecified atom stereocenters. The number of likely N-dealkylation sites (N-methyl/N-ethyl adjacent to an activating group) is 1. The van der Waals surface area contributed by atoms with Gasteiger partial charge in [-0.3, -0.25) is 4.79 Å². The molecule has 1 fully saturated rings. The summed E-state index contributed by atoms with van der Waals surface area (Å²) in [7, 11) is 5.72. The van der Waals surface area contributed by atoms with Crippen LogP contribution in [0.4, 0.5) is 0 Å². The third-order valence-electron chi connectivity index (χ3n) is 5.48. The summed E-state index contributed by atoms with van der Waals surface area (Å²) in [5.74, 6) is 0.946. The van der Waals surface area contributed by atoms with Gasteiger partial charge in [-0.05, 0) is 56.6 Å². The van der Waals surface area contributed by atoms with Gasteiger partial charge in [0.2, 0.25) is 5.91 Å². The fourth-order valence-corrected chi connectivity index (χ4v) is 3.82. The minimum Gasteiger partial charge on any atom is -0.497 e. The summed E-state index contributed by atoms with van der Waals surface area (Å²) >= 11 is 0. The topological polar surface area (TPSA) is 67.6 Å². The Balaban J connectivity index is 1.97. The number of ether oxygens (including phenoxy) is 1. The Morgan fingerprint density at radius 3 is 2.64 bits per heavy atom. The Morgan fingerprint density at radius 2 is 2.04 bits per heavy atom. The van der Waals surface area contributed by atoms with Crippen LogP contribution in [0.25, 0.3) is 0 Å². The monoisotopic (exact) mass is 347 g/mol. The first-order valence-electron chi connectivity index (χ1n) is 9.27. The molecule has 0 spiro atoms. The molecule has 1 aliphatic carbocycles. The van der Waals surface area contributed by atoms with Crippen LogP contribution in [0.5, 0.6) is 5.75 Å². The van der Waals surface area contributed by atoms with Crippen LogP contribution in [0, 0.1) is 5.41 Å². The van der Waals surface area contributed by atoms with Gasteiger partial charge in [0.1, 0.15) is 5.75 Å². The Hall–Kier alpha value is -1.59. The van der Waals surface area contributed by atoms with E-state index in [1.165, 1.54) is 19.3 Å². The van der Waals surface area contributed by atoms with Gasteiger partial charge in [-0.1, -0.05) is 31.4 Å². The van der Waals surface area contributed by atoms with E-state index < -0.39 is 0 Å². The number of rotatable bonds is 8. The van der Waals surface area contributed by atoms with Gasteiger partial charge in [0.05, 0.1) is 13.2 Å². The average Bonchev–Trinajstić information content (AvgIpc) is 2.62. The van der Waals surface area contributed by atoms with Crippen LogP contribution < -0.4 is 15.8 Å². The highest BCUT2D eigenvalue weighted by molar-refractivity contribution is 5.76. The summed E-state index contributed by atoms with van der Waals surface area (Å²) in [6, 6.07) is 8.13. The molecular formula is C20H33N3O2. The molecule has 1 saturated carbocycles. The summed E-state index contributed by atoms with van der Waals surface area (Å²) in [6.07, 6.45) is 6.33. The lowest BCUT2D eigenvalue weighted by atomic mass is 9.71. The van der Waals surface area contributed by atoms with Crippen LogP contribution >= 0.6 is 0 Å². The predicted molar refractivity (Wildman–Crippen MR) is 102 cm³/mol. The maximum absolute atomic E-state index is 12.5. The van der Waals surface area contributed by atoms with E-state index in [4.69, 9.17) is 10.5 Å². The van der Waals surface area contributed by atoms with Crippen molar-refractivity contribution in [3.63, 3.8) is 0 Å². The van der Waals surface area contributed by atoms with E-state index in [0.29, 0.717) is 19.5 Å². The minimum atomic E-state index is 0.00587. The molecule has 3 N–H and O–H groups in total. The second-order valence-corrected chi connectivity index (χ2v) is 7.50. The quantitative estimate of drug-likeness (QED) is 0.759. The molecule has 1 aromatic carbocycles. The molecule has 140 valence electrons. The number of benzene rings is 1. The van der Waals surface area contributed by atoms with Crippen molar-refractivity contribution in [2.45, 2.75) is 44.6 Å². The molecule has 2 rings (SSSR count). The third kappa shape index (κ3) is 5.44. The van der Waals surface area contributed by atoms with Gasteiger partial charge in [0, 0.05) is 13.0 Å². The first-order valence-corrected chi connectivity index (χ1v) is 9.27. The molecule has 1 atom stereocenters. The Morgan fingerprint density at radius 1 is 1.32 bits per heavy atom. The normalized spacial score (nSPS) is 18.0. The predicted octanol–water partition coefficient (Wildman–Crippen LogP) is 2.71. The van der Waals surface area contributed by atoms with Crippen LogP contribution in [0.2, 0.25) is 0 Å². The zero-order valence-corrected chi connectivity index (χ0v) is 15.9. The highest BCUT2D eigenvalue weighted by Crippen LogP contribution is 2.38. The average molecular weight is 348 g/mol. The molecule has 0 aliphatic heterocycles. The minimum absolute atomic E-state index is 0.00587. The van der Waals surface area contributed by atoms with Crippen LogP contribution in [-0.2, 0) is 4.79 Å². The zero-order valence-electron chi connectivity index (χ0n) is 15.9. The van der Waals surface area contributed by atoms with Gasteiger partial charge < -0.3 is 20.7 Å². The van der Waals surface area contributed by atoms with Gasteiger partial charge in [-0.15, -0.1) is 0 Å². The summed E-state index contributed by atoms with van der Waals surface area (Å²) in [5.41, 5.74) is 7.15. The van der Waals surface area contributed by atoms with Crippen LogP contribution in [-0.4, -0.2) is 45.1 Å². The van der Waals surface area contributed by atoms with E-state index in [-0.39, 0.29) is 17.4 Å². The molecule has 0 heterocycles. The zero-order chi connectivity index (χ0) is 18.3. The van der Waals surface area contributed by atoms with Crippen molar-refractivity contribution in [2.24, 2.45) is 11.1 Å². The lowest BCUT2D eigenvalue weighted by Crippen LogP contribution is -2.41. The van der Waals surface area contributed by atoms with Crippen molar-refractivity contribution in [3.8, 4) is 5.75 Å². The molecule has 0 saturated heterocycles. The molecule has 1 aromatic rings. The molecule has 1 amide bonds. The molecule has 0 radical (unpaired) electrons. The lowest BCUT2D eigenvalue weighted by molar-refractivity contribution is -0.124. The third-order valence-corrected chi connectivity index (χ3v) is 5.48. The van der Waals surface area contributed by atoms with E-state index >= 15 is 0 Å². The Labute approximate surface area is 151 Å². The molecular weight excluding hydrogens is 314 g/mol. The Kier molecular flexibility index (Phi) is 7.26. The summed E-state index contributed by atoms with van der Waals surface area (Å²) in [5, 5.41) is 3.13. The molecule has 1 aliphatic rings. The number of hydrogen-bond acceptors (Lipinski definition) is 4. The SMILES string of the molecule is COc1cccc(C(CNC(=O)CC2(CN)CCCCC2)N(C)C)c1. The van der Waals surface area contributed by atoms with E-state index in [1.54, 1.807) is 7.11 Å². The van der Waals surface area contributed by atoms with Gasteiger partial charge in [0.15, 0.2) is 0 Å². The number of methoxy groups -OCH3 is 1. The second kappa shape index (κ2) is 9.20.